The maximum Gasteiger partial charge on any atom is 0.318 e. The van der Waals surface area contributed by atoms with E-state index in [0.717, 1.165) is 0 Å². The number of primary amides is 1. The number of amides is 3. The van der Waals surface area contributed by atoms with Gasteiger partial charge in [-0.1, -0.05) is 60.7 Å². The summed E-state index contributed by atoms with van der Waals surface area (Å²) in [5.74, 6) is -1.01. The second kappa shape index (κ2) is 7.96. The Hall–Kier alpha value is -3.96. The van der Waals surface area contributed by atoms with Crippen molar-refractivity contribution in [2.75, 3.05) is 0 Å². The van der Waals surface area contributed by atoms with Crippen molar-refractivity contribution in [1.29, 1.82) is 0 Å². The average molecular weight is 405 g/mol. The molecule has 29 heavy (non-hydrogen) atoms. The van der Waals surface area contributed by atoms with Crippen LogP contribution >= 0.6 is 0 Å². The molecule has 0 saturated heterocycles. The number of nitrogens with one attached hydrogen (secondary N) is 1. The summed E-state index contributed by atoms with van der Waals surface area (Å²) >= 11 is 0. The molecule has 8 heteroatoms. The molecule has 0 aliphatic carbocycles. The number of hydrogen-bond donors (Lipinski definition) is 2. The number of carbonyl (C=O) groups is 2. The highest BCUT2D eigenvalue weighted by molar-refractivity contribution is 8.09. The molecule has 3 amide bonds. The summed E-state index contributed by atoms with van der Waals surface area (Å²) in [6.07, 6.45) is 2.51. The first-order valence-corrected chi connectivity index (χ1v) is 9.84. The van der Waals surface area contributed by atoms with Gasteiger partial charge in [-0.15, -0.1) is 0 Å². The summed E-state index contributed by atoms with van der Waals surface area (Å²) in [5, 5.41) is 1.84. The molecule has 1 heterocycles. The van der Waals surface area contributed by atoms with E-state index < -0.39 is 27.5 Å². The molecule has 0 spiro atoms. The fraction of sp³-hybridized carbons (Fsp3) is 0. The minimum Gasteiger partial charge on any atom is -0.351 e. The van der Waals surface area contributed by atoms with Gasteiger partial charge >= 0.3 is 6.03 Å². The molecule has 0 bridgehead atoms. The molecule has 2 aromatic rings. The SMILES string of the molecule is [C-]#[N+]C(C(=O)NC(N)=O)=C1C=C(c2ccccc2)S(=O)(=O)C(c2ccccc2)=C1. The van der Waals surface area contributed by atoms with Gasteiger partial charge in [-0.25, -0.2) is 18.1 Å². The van der Waals surface area contributed by atoms with Crippen LogP contribution in [0.4, 0.5) is 4.79 Å². The standard InChI is InChI=1S/C21H15N3O4S/c1-23-19(20(25)24-21(22)26)16-12-17(14-8-4-2-5-9-14)29(27,28)18(13-16)15-10-6-3-7-11-15/h2-13H,(H3,22,24,25,26). The van der Waals surface area contributed by atoms with Crippen LogP contribution in [0.25, 0.3) is 14.7 Å². The molecule has 0 radical (unpaired) electrons. The van der Waals surface area contributed by atoms with Crippen LogP contribution in [0.1, 0.15) is 11.1 Å². The van der Waals surface area contributed by atoms with Crippen LogP contribution in [0.15, 0.2) is 84.1 Å². The molecule has 3 N–H and O–H groups in total. The Kier molecular flexibility index (Phi) is 5.43. The number of carbonyl (C=O) groups excluding carboxylic acids is 2. The highest BCUT2D eigenvalue weighted by atomic mass is 32.2. The van der Waals surface area contributed by atoms with Gasteiger partial charge in [0.25, 0.3) is 11.6 Å². The lowest BCUT2D eigenvalue weighted by molar-refractivity contribution is -0.116. The van der Waals surface area contributed by atoms with E-state index >= 15 is 0 Å². The van der Waals surface area contributed by atoms with Crippen molar-refractivity contribution in [3.63, 3.8) is 0 Å². The maximum absolute atomic E-state index is 13.3. The molecule has 0 aromatic heterocycles. The molecular formula is C21H15N3O4S. The van der Waals surface area contributed by atoms with Gasteiger partial charge < -0.3 is 5.73 Å². The molecular weight excluding hydrogens is 390 g/mol. The number of nitrogens with two attached hydrogens (primary N) is 1. The van der Waals surface area contributed by atoms with Crippen LogP contribution in [0, 0.1) is 6.57 Å². The van der Waals surface area contributed by atoms with Crippen molar-refractivity contribution in [3.8, 4) is 0 Å². The van der Waals surface area contributed by atoms with Gasteiger partial charge in [0, 0.05) is 0 Å². The third-order valence-corrected chi connectivity index (χ3v) is 5.97. The van der Waals surface area contributed by atoms with Gasteiger partial charge in [-0.05, 0) is 28.9 Å². The summed E-state index contributed by atoms with van der Waals surface area (Å²) in [5.41, 5.74) is 5.41. The Morgan fingerprint density at radius 1 is 0.862 bits per heavy atom. The number of imide groups is 1. The monoisotopic (exact) mass is 405 g/mol. The first kappa shape index (κ1) is 19.8. The number of nitrogens with zero attached hydrogens (tertiary/aromatic N) is 1. The predicted octanol–water partition coefficient (Wildman–Crippen LogP) is 2.87. The summed E-state index contributed by atoms with van der Waals surface area (Å²) < 4.78 is 26.6. The fourth-order valence-electron chi connectivity index (χ4n) is 2.83. The molecule has 7 nitrogen and oxygen atoms in total. The zero-order valence-electron chi connectivity index (χ0n) is 15.0. The Labute approximate surface area is 167 Å². The van der Waals surface area contributed by atoms with Gasteiger partial charge in [0.05, 0.1) is 16.4 Å². The zero-order valence-corrected chi connectivity index (χ0v) is 15.8. The van der Waals surface area contributed by atoms with Crippen molar-refractivity contribution >= 4 is 31.6 Å². The molecule has 3 rings (SSSR count). The molecule has 0 unspecified atom stereocenters. The van der Waals surface area contributed by atoms with E-state index in [2.05, 4.69) is 4.85 Å². The number of sulfone groups is 1. The molecule has 0 atom stereocenters. The lowest BCUT2D eigenvalue weighted by atomic mass is 10.1. The highest BCUT2D eigenvalue weighted by Gasteiger charge is 2.31. The number of hydrogen-bond acceptors (Lipinski definition) is 4. The van der Waals surface area contributed by atoms with E-state index in [4.69, 9.17) is 12.3 Å². The normalized spacial score (nSPS) is 14.8. The second-order valence-electron chi connectivity index (χ2n) is 5.99. The lowest BCUT2D eigenvalue weighted by Gasteiger charge is -2.19. The van der Waals surface area contributed by atoms with Gasteiger partial charge in [0.15, 0.2) is 0 Å². The summed E-state index contributed by atoms with van der Waals surface area (Å²) in [6, 6.07) is 15.6. The minimum atomic E-state index is -3.93. The minimum absolute atomic E-state index is 0.0533. The summed E-state index contributed by atoms with van der Waals surface area (Å²) in [6.45, 7) is 7.36. The maximum atomic E-state index is 13.3. The molecule has 2 aromatic carbocycles. The van der Waals surface area contributed by atoms with E-state index in [0.29, 0.717) is 11.1 Å². The van der Waals surface area contributed by atoms with Crippen molar-refractivity contribution in [2.24, 2.45) is 5.73 Å². The Bertz CT molecular complexity index is 1150. The molecule has 1 aliphatic rings. The molecule has 0 saturated carbocycles. The Balaban J connectivity index is 2.30. The molecule has 0 fully saturated rings. The molecule has 144 valence electrons. The van der Waals surface area contributed by atoms with Crippen LogP contribution in [0.5, 0.6) is 0 Å². The van der Waals surface area contributed by atoms with E-state index in [9.17, 15) is 18.0 Å². The summed E-state index contributed by atoms with van der Waals surface area (Å²) in [4.78, 5) is 26.4. The largest absolute Gasteiger partial charge is 0.351 e. The lowest BCUT2D eigenvalue weighted by Crippen LogP contribution is -2.35. The highest BCUT2D eigenvalue weighted by Crippen LogP contribution is 2.39. The predicted molar refractivity (Wildman–Crippen MR) is 109 cm³/mol. The fourth-order valence-corrected chi connectivity index (χ4v) is 4.53. The number of allylic oxidation sites excluding steroid dienone is 3. The van der Waals surface area contributed by atoms with Crippen LogP contribution in [-0.4, -0.2) is 20.4 Å². The second-order valence-corrected chi connectivity index (χ2v) is 7.87. The quantitative estimate of drug-likeness (QED) is 0.604. The van der Waals surface area contributed by atoms with Crippen molar-refractivity contribution < 1.29 is 18.0 Å². The Morgan fingerprint density at radius 3 is 1.69 bits per heavy atom. The van der Waals surface area contributed by atoms with Crippen molar-refractivity contribution in [3.05, 3.63) is 107 Å². The summed E-state index contributed by atoms with van der Waals surface area (Å²) in [7, 11) is -3.93. The molecule has 1 aliphatic heterocycles. The van der Waals surface area contributed by atoms with Crippen molar-refractivity contribution in [2.45, 2.75) is 0 Å². The first-order chi connectivity index (χ1) is 13.8. The van der Waals surface area contributed by atoms with E-state index in [1.165, 1.54) is 12.2 Å². The van der Waals surface area contributed by atoms with Crippen LogP contribution in [0.2, 0.25) is 0 Å². The number of urea groups is 1. The van der Waals surface area contributed by atoms with Crippen LogP contribution < -0.4 is 11.1 Å². The van der Waals surface area contributed by atoms with Gasteiger partial charge in [-0.3, -0.25) is 10.1 Å². The van der Waals surface area contributed by atoms with Crippen LogP contribution in [-0.2, 0) is 14.6 Å². The zero-order chi connectivity index (χ0) is 21.0. The average Bonchev–Trinajstić information content (AvgIpc) is 2.70. The van der Waals surface area contributed by atoms with Gasteiger partial charge in [0.2, 0.25) is 9.84 Å². The van der Waals surface area contributed by atoms with E-state index in [1.54, 1.807) is 60.7 Å². The van der Waals surface area contributed by atoms with E-state index in [-0.39, 0.29) is 15.4 Å². The van der Waals surface area contributed by atoms with Crippen molar-refractivity contribution in [1.82, 2.24) is 5.32 Å². The third kappa shape index (κ3) is 4.00. The van der Waals surface area contributed by atoms with Gasteiger partial charge in [-0.2, -0.15) is 0 Å². The Morgan fingerprint density at radius 2 is 1.31 bits per heavy atom. The topological polar surface area (TPSA) is 111 Å². The smallest absolute Gasteiger partial charge is 0.318 e. The van der Waals surface area contributed by atoms with E-state index in [1.807, 2.05) is 5.32 Å². The number of rotatable bonds is 3. The first-order valence-electron chi connectivity index (χ1n) is 8.36. The number of benzene rings is 2. The van der Waals surface area contributed by atoms with Gasteiger partial charge in [0.1, 0.15) is 0 Å². The third-order valence-electron chi connectivity index (χ3n) is 4.11. The van der Waals surface area contributed by atoms with Crippen LogP contribution in [0.3, 0.4) is 0 Å².